The van der Waals surface area contributed by atoms with E-state index in [9.17, 15) is 0 Å². The van der Waals surface area contributed by atoms with Crippen molar-refractivity contribution in [1.82, 2.24) is 24.5 Å². The Bertz CT molecular complexity index is 1000. The van der Waals surface area contributed by atoms with Crippen molar-refractivity contribution in [3.63, 3.8) is 0 Å². The SMILES string of the molecule is COC1CCN(c2nccc(Nc3cc4c(cn3)nc(C)n4C(C)C)n2)C(C)C1. The number of rotatable bonds is 5. The summed E-state index contributed by atoms with van der Waals surface area (Å²) in [5.74, 6) is 3.21. The third-order valence-electron chi connectivity index (χ3n) is 5.59. The second-order valence-corrected chi connectivity index (χ2v) is 7.97. The van der Waals surface area contributed by atoms with Crippen molar-refractivity contribution in [1.29, 1.82) is 0 Å². The first-order chi connectivity index (χ1) is 14.0. The number of nitrogens with zero attached hydrogens (tertiary/aromatic N) is 6. The molecule has 1 N–H and O–H groups in total. The number of nitrogens with one attached hydrogen (secondary N) is 1. The summed E-state index contributed by atoms with van der Waals surface area (Å²) in [6, 6.07) is 4.57. The summed E-state index contributed by atoms with van der Waals surface area (Å²) in [5, 5.41) is 3.33. The molecule has 1 saturated heterocycles. The molecule has 8 nitrogen and oxygen atoms in total. The standard InChI is InChI=1S/C21H29N7O/c1-13(2)28-15(4)24-17-12-23-20(11-18(17)28)25-19-6-8-22-21(26-19)27-9-7-16(29-5)10-14(27)3/h6,8,11-14,16H,7,9-10H2,1-5H3,(H,22,23,25,26). The van der Waals surface area contributed by atoms with Gasteiger partial charge in [0.25, 0.3) is 0 Å². The Kier molecular flexibility index (Phi) is 5.36. The largest absolute Gasteiger partial charge is 0.381 e. The highest BCUT2D eigenvalue weighted by Gasteiger charge is 2.27. The quantitative estimate of drug-likeness (QED) is 0.702. The molecule has 3 aromatic rings. The third-order valence-corrected chi connectivity index (χ3v) is 5.59. The van der Waals surface area contributed by atoms with Crippen molar-refractivity contribution in [3.8, 4) is 0 Å². The van der Waals surface area contributed by atoms with E-state index in [0.29, 0.717) is 18.2 Å². The minimum absolute atomic E-state index is 0.313. The van der Waals surface area contributed by atoms with Gasteiger partial charge in [0.1, 0.15) is 23.0 Å². The van der Waals surface area contributed by atoms with Gasteiger partial charge >= 0.3 is 0 Å². The molecule has 0 aromatic carbocycles. The second-order valence-electron chi connectivity index (χ2n) is 7.97. The smallest absolute Gasteiger partial charge is 0.227 e. The van der Waals surface area contributed by atoms with E-state index >= 15 is 0 Å². The summed E-state index contributed by atoms with van der Waals surface area (Å²) in [6.07, 6.45) is 5.88. The highest BCUT2D eigenvalue weighted by molar-refractivity contribution is 5.79. The Hall–Kier alpha value is -2.74. The molecular weight excluding hydrogens is 366 g/mol. The molecule has 0 amide bonds. The molecule has 154 valence electrons. The molecule has 2 atom stereocenters. The van der Waals surface area contributed by atoms with Gasteiger partial charge in [-0.1, -0.05) is 0 Å². The van der Waals surface area contributed by atoms with Crippen molar-refractivity contribution in [2.45, 2.75) is 58.7 Å². The second kappa shape index (κ2) is 7.94. The number of anilines is 3. The van der Waals surface area contributed by atoms with Gasteiger partial charge in [-0.15, -0.1) is 0 Å². The van der Waals surface area contributed by atoms with Gasteiger partial charge in [-0.3, -0.25) is 0 Å². The van der Waals surface area contributed by atoms with Crippen molar-refractivity contribution >= 4 is 28.6 Å². The molecule has 8 heteroatoms. The zero-order valence-corrected chi connectivity index (χ0v) is 17.8. The van der Waals surface area contributed by atoms with Gasteiger partial charge in [-0.25, -0.2) is 15.0 Å². The van der Waals surface area contributed by atoms with Crippen molar-refractivity contribution < 1.29 is 4.74 Å². The van der Waals surface area contributed by atoms with Crippen LogP contribution in [-0.2, 0) is 4.74 Å². The number of piperidine rings is 1. The number of hydrogen-bond acceptors (Lipinski definition) is 7. The molecule has 1 fully saturated rings. The molecule has 0 aliphatic carbocycles. The average Bonchev–Trinajstić information content (AvgIpc) is 3.03. The molecular formula is C21H29N7O. The van der Waals surface area contributed by atoms with Gasteiger partial charge in [-0.2, -0.15) is 4.98 Å². The fraction of sp³-hybridized carbons (Fsp3) is 0.524. The van der Waals surface area contributed by atoms with Crippen molar-refractivity contribution in [2.75, 3.05) is 23.9 Å². The summed E-state index contributed by atoms with van der Waals surface area (Å²) in [6.45, 7) is 9.43. The lowest BCUT2D eigenvalue weighted by Crippen LogP contribution is -2.44. The van der Waals surface area contributed by atoms with Crippen LogP contribution in [0.15, 0.2) is 24.5 Å². The normalized spacial score (nSPS) is 19.9. The van der Waals surface area contributed by atoms with Gasteiger partial charge in [0.15, 0.2) is 0 Å². The molecule has 0 radical (unpaired) electrons. The Balaban J connectivity index is 1.57. The Labute approximate surface area is 171 Å². The average molecular weight is 396 g/mol. The minimum Gasteiger partial charge on any atom is -0.381 e. The summed E-state index contributed by atoms with van der Waals surface area (Å²) < 4.78 is 7.73. The van der Waals surface area contributed by atoms with Crippen LogP contribution in [0.2, 0.25) is 0 Å². The molecule has 3 aromatic heterocycles. The van der Waals surface area contributed by atoms with Gasteiger partial charge in [0.05, 0.1) is 17.8 Å². The number of fused-ring (bicyclic) bond motifs is 1. The van der Waals surface area contributed by atoms with Gasteiger partial charge in [0, 0.05) is 38.0 Å². The summed E-state index contributed by atoms with van der Waals surface area (Å²) in [4.78, 5) is 20.6. The summed E-state index contributed by atoms with van der Waals surface area (Å²) in [7, 11) is 1.78. The summed E-state index contributed by atoms with van der Waals surface area (Å²) >= 11 is 0. The van der Waals surface area contributed by atoms with E-state index in [0.717, 1.165) is 53.8 Å². The van der Waals surface area contributed by atoms with Gasteiger partial charge in [-0.05, 0) is 46.6 Å². The van der Waals surface area contributed by atoms with E-state index in [-0.39, 0.29) is 0 Å². The maximum absolute atomic E-state index is 5.52. The zero-order valence-electron chi connectivity index (χ0n) is 17.8. The third kappa shape index (κ3) is 3.89. The van der Waals surface area contributed by atoms with Crippen LogP contribution in [0.5, 0.6) is 0 Å². The Morgan fingerprint density at radius 1 is 1.21 bits per heavy atom. The fourth-order valence-corrected chi connectivity index (χ4v) is 4.17. The number of imidazole rings is 1. The van der Waals surface area contributed by atoms with Gasteiger partial charge in [0.2, 0.25) is 5.95 Å². The van der Waals surface area contributed by atoms with Crippen LogP contribution in [0.1, 0.15) is 45.5 Å². The van der Waals surface area contributed by atoms with E-state index in [2.05, 4.69) is 50.5 Å². The number of methoxy groups -OCH3 is 1. The van der Waals surface area contributed by atoms with Gasteiger partial charge < -0.3 is 19.5 Å². The van der Waals surface area contributed by atoms with E-state index in [1.807, 2.05) is 25.3 Å². The maximum atomic E-state index is 5.52. The van der Waals surface area contributed by atoms with Crippen LogP contribution >= 0.6 is 0 Å². The molecule has 4 rings (SSSR count). The molecule has 0 saturated carbocycles. The Morgan fingerprint density at radius 2 is 2.03 bits per heavy atom. The van der Waals surface area contributed by atoms with Crippen LogP contribution < -0.4 is 10.2 Å². The predicted octanol–water partition coefficient (Wildman–Crippen LogP) is 3.86. The number of aromatic nitrogens is 5. The lowest BCUT2D eigenvalue weighted by molar-refractivity contribution is 0.0718. The summed E-state index contributed by atoms with van der Waals surface area (Å²) in [5.41, 5.74) is 1.97. The van der Waals surface area contributed by atoms with Crippen molar-refractivity contribution in [2.24, 2.45) is 0 Å². The first kappa shape index (κ1) is 19.6. The molecule has 0 bridgehead atoms. The van der Waals surface area contributed by atoms with Crippen LogP contribution in [0.25, 0.3) is 11.0 Å². The number of hydrogen-bond donors (Lipinski definition) is 1. The predicted molar refractivity (Wildman–Crippen MR) is 115 cm³/mol. The fourth-order valence-electron chi connectivity index (χ4n) is 4.17. The first-order valence-electron chi connectivity index (χ1n) is 10.2. The number of pyridine rings is 1. The van der Waals surface area contributed by atoms with Crippen LogP contribution in [-0.4, -0.2) is 50.3 Å². The van der Waals surface area contributed by atoms with Crippen LogP contribution in [0.3, 0.4) is 0 Å². The number of aryl methyl sites for hydroxylation is 1. The lowest BCUT2D eigenvalue weighted by Gasteiger charge is -2.37. The van der Waals surface area contributed by atoms with E-state index in [4.69, 9.17) is 9.72 Å². The maximum Gasteiger partial charge on any atom is 0.227 e. The molecule has 29 heavy (non-hydrogen) atoms. The zero-order chi connectivity index (χ0) is 20.5. The highest BCUT2D eigenvalue weighted by atomic mass is 16.5. The molecule has 4 heterocycles. The van der Waals surface area contributed by atoms with Crippen LogP contribution in [0.4, 0.5) is 17.6 Å². The molecule has 1 aliphatic rings. The highest BCUT2D eigenvalue weighted by Crippen LogP contribution is 2.26. The first-order valence-corrected chi connectivity index (χ1v) is 10.2. The Morgan fingerprint density at radius 3 is 2.76 bits per heavy atom. The van der Waals surface area contributed by atoms with Crippen molar-refractivity contribution in [3.05, 3.63) is 30.4 Å². The number of ether oxygens (including phenoxy) is 1. The van der Waals surface area contributed by atoms with E-state index < -0.39 is 0 Å². The lowest BCUT2D eigenvalue weighted by atomic mass is 10.0. The van der Waals surface area contributed by atoms with Crippen LogP contribution in [0, 0.1) is 6.92 Å². The molecule has 1 aliphatic heterocycles. The van der Waals surface area contributed by atoms with E-state index in [1.165, 1.54) is 0 Å². The monoisotopic (exact) mass is 395 g/mol. The topological polar surface area (TPSA) is 81.0 Å². The molecule has 0 spiro atoms. The minimum atomic E-state index is 0.313. The van der Waals surface area contributed by atoms with E-state index in [1.54, 1.807) is 13.3 Å². The molecule has 2 unspecified atom stereocenters.